The Morgan fingerprint density at radius 3 is 2.78 bits per heavy atom. The standard InChI is InChI=1S/C12H13NO4S/c1-17-11-5-2-4-10(8-11)12(14)9-18(15,16)7-3-6-13/h2,4-5,8H,3,7,9H2,1H3. The van der Waals surface area contributed by atoms with Crippen LogP contribution in [0.25, 0.3) is 0 Å². The largest absolute Gasteiger partial charge is 0.497 e. The Morgan fingerprint density at radius 1 is 1.44 bits per heavy atom. The van der Waals surface area contributed by atoms with Crippen molar-refractivity contribution in [2.24, 2.45) is 0 Å². The molecule has 1 aromatic rings. The van der Waals surface area contributed by atoms with E-state index in [1.54, 1.807) is 18.2 Å². The van der Waals surface area contributed by atoms with Crippen LogP contribution in [-0.4, -0.2) is 32.8 Å². The zero-order chi connectivity index (χ0) is 13.6. The molecule has 96 valence electrons. The van der Waals surface area contributed by atoms with Gasteiger partial charge in [0.15, 0.2) is 15.6 Å². The number of methoxy groups -OCH3 is 1. The van der Waals surface area contributed by atoms with Crippen LogP contribution in [0.2, 0.25) is 0 Å². The van der Waals surface area contributed by atoms with E-state index in [2.05, 4.69) is 0 Å². The Hall–Kier alpha value is -1.87. The highest BCUT2D eigenvalue weighted by molar-refractivity contribution is 7.92. The van der Waals surface area contributed by atoms with E-state index in [9.17, 15) is 13.2 Å². The van der Waals surface area contributed by atoms with E-state index < -0.39 is 21.4 Å². The second-order valence-corrected chi connectivity index (χ2v) is 5.84. The minimum atomic E-state index is -3.52. The van der Waals surface area contributed by atoms with Crippen LogP contribution >= 0.6 is 0 Å². The predicted molar refractivity (Wildman–Crippen MR) is 66.2 cm³/mol. The molecule has 0 aliphatic carbocycles. The van der Waals surface area contributed by atoms with Crippen LogP contribution in [0.15, 0.2) is 24.3 Å². The van der Waals surface area contributed by atoms with Gasteiger partial charge < -0.3 is 4.74 Å². The lowest BCUT2D eigenvalue weighted by atomic mass is 10.1. The van der Waals surface area contributed by atoms with Crippen molar-refractivity contribution in [1.82, 2.24) is 0 Å². The maximum Gasteiger partial charge on any atom is 0.178 e. The summed E-state index contributed by atoms with van der Waals surface area (Å²) in [5.74, 6) is -0.872. The first-order valence-electron chi connectivity index (χ1n) is 5.23. The Labute approximate surface area is 106 Å². The van der Waals surface area contributed by atoms with Gasteiger partial charge in [0.25, 0.3) is 0 Å². The van der Waals surface area contributed by atoms with Crippen molar-refractivity contribution in [3.8, 4) is 11.8 Å². The number of ether oxygens (including phenoxy) is 1. The van der Waals surface area contributed by atoms with Gasteiger partial charge in [0.1, 0.15) is 11.5 Å². The molecule has 1 aromatic carbocycles. The van der Waals surface area contributed by atoms with E-state index in [1.165, 1.54) is 19.2 Å². The average molecular weight is 267 g/mol. The van der Waals surface area contributed by atoms with Crippen molar-refractivity contribution in [2.45, 2.75) is 6.42 Å². The molecule has 0 fully saturated rings. The number of nitrogens with zero attached hydrogens (tertiary/aromatic N) is 1. The number of carbonyl (C=O) groups excluding carboxylic acids is 1. The van der Waals surface area contributed by atoms with Crippen LogP contribution < -0.4 is 4.74 Å². The lowest BCUT2D eigenvalue weighted by Gasteiger charge is -2.04. The fourth-order valence-electron chi connectivity index (χ4n) is 1.35. The second-order valence-electron chi connectivity index (χ2n) is 3.66. The molecule has 0 unspecified atom stereocenters. The molecule has 0 aliphatic rings. The first-order chi connectivity index (χ1) is 8.48. The van der Waals surface area contributed by atoms with Crippen molar-refractivity contribution in [1.29, 1.82) is 5.26 Å². The topological polar surface area (TPSA) is 84.2 Å². The number of nitriles is 1. The SMILES string of the molecule is COc1cccc(C(=O)CS(=O)(=O)CCC#N)c1. The summed E-state index contributed by atoms with van der Waals surface area (Å²) in [4.78, 5) is 11.8. The second kappa shape index (κ2) is 6.17. The van der Waals surface area contributed by atoms with Crippen molar-refractivity contribution in [3.63, 3.8) is 0 Å². The van der Waals surface area contributed by atoms with E-state index in [-0.39, 0.29) is 17.7 Å². The minimum absolute atomic E-state index is 0.103. The number of Topliss-reactive ketones (excluding diaryl/α,β-unsaturated/α-hetero) is 1. The molecule has 0 aliphatic heterocycles. The highest BCUT2D eigenvalue weighted by atomic mass is 32.2. The van der Waals surface area contributed by atoms with Crippen molar-refractivity contribution >= 4 is 15.6 Å². The monoisotopic (exact) mass is 267 g/mol. The third kappa shape index (κ3) is 4.18. The smallest absolute Gasteiger partial charge is 0.178 e. The maximum absolute atomic E-state index is 11.8. The van der Waals surface area contributed by atoms with E-state index in [0.29, 0.717) is 5.75 Å². The highest BCUT2D eigenvalue weighted by Gasteiger charge is 2.18. The molecule has 0 heterocycles. The van der Waals surface area contributed by atoms with Crippen LogP contribution in [0.3, 0.4) is 0 Å². The Kier molecular flexibility index (Phi) is 4.86. The fourth-order valence-corrected chi connectivity index (χ4v) is 2.47. The van der Waals surface area contributed by atoms with Gasteiger partial charge in [0, 0.05) is 12.0 Å². The average Bonchev–Trinajstić information content (AvgIpc) is 2.36. The normalized spacial score (nSPS) is 10.7. The van der Waals surface area contributed by atoms with Crippen LogP contribution in [0.5, 0.6) is 5.75 Å². The molecular weight excluding hydrogens is 254 g/mol. The summed E-state index contributed by atoms with van der Waals surface area (Å²) >= 11 is 0. The number of hydrogen-bond donors (Lipinski definition) is 0. The van der Waals surface area contributed by atoms with E-state index in [1.807, 2.05) is 0 Å². The predicted octanol–water partition coefficient (Wildman–Crippen LogP) is 1.21. The molecule has 0 spiro atoms. The molecular formula is C12H13NO4S. The molecule has 0 aromatic heterocycles. The first kappa shape index (κ1) is 14.2. The zero-order valence-corrected chi connectivity index (χ0v) is 10.7. The van der Waals surface area contributed by atoms with Gasteiger partial charge >= 0.3 is 0 Å². The number of rotatable bonds is 6. The third-order valence-corrected chi connectivity index (χ3v) is 3.80. The molecule has 0 bridgehead atoms. The van der Waals surface area contributed by atoms with E-state index >= 15 is 0 Å². The van der Waals surface area contributed by atoms with Gasteiger partial charge in [-0.05, 0) is 12.1 Å². The molecule has 0 N–H and O–H groups in total. The van der Waals surface area contributed by atoms with Gasteiger partial charge in [-0.15, -0.1) is 0 Å². The molecule has 0 amide bonds. The number of hydrogen-bond acceptors (Lipinski definition) is 5. The summed E-state index contributed by atoms with van der Waals surface area (Å²) < 4.78 is 28.0. The number of carbonyl (C=O) groups is 1. The summed E-state index contributed by atoms with van der Waals surface area (Å²) in [6, 6.07) is 8.05. The maximum atomic E-state index is 11.8. The van der Waals surface area contributed by atoms with Gasteiger partial charge in [-0.3, -0.25) is 4.79 Å². The van der Waals surface area contributed by atoms with E-state index in [0.717, 1.165) is 0 Å². The van der Waals surface area contributed by atoms with Crippen LogP contribution in [-0.2, 0) is 9.84 Å². The molecule has 0 saturated carbocycles. The van der Waals surface area contributed by atoms with Gasteiger partial charge in [0.05, 0.1) is 18.9 Å². The number of ketones is 1. The van der Waals surface area contributed by atoms with Gasteiger partial charge in [-0.1, -0.05) is 12.1 Å². The van der Waals surface area contributed by atoms with Crippen molar-refractivity contribution in [2.75, 3.05) is 18.6 Å². The number of benzene rings is 1. The number of sulfone groups is 1. The first-order valence-corrected chi connectivity index (χ1v) is 7.05. The van der Waals surface area contributed by atoms with Crippen LogP contribution in [0, 0.1) is 11.3 Å². The summed E-state index contributed by atoms with van der Waals surface area (Å²) in [5.41, 5.74) is 0.287. The fraction of sp³-hybridized carbons (Fsp3) is 0.333. The van der Waals surface area contributed by atoms with Gasteiger partial charge in [-0.25, -0.2) is 8.42 Å². The Bertz CT molecular complexity index is 572. The summed E-state index contributed by atoms with van der Waals surface area (Å²) in [6.45, 7) is 0. The molecule has 0 saturated heterocycles. The quantitative estimate of drug-likeness (QED) is 0.723. The highest BCUT2D eigenvalue weighted by Crippen LogP contribution is 2.13. The zero-order valence-electron chi connectivity index (χ0n) is 9.92. The molecule has 1 rings (SSSR count). The third-order valence-electron chi connectivity index (χ3n) is 2.27. The summed E-state index contributed by atoms with van der Waals surface area (Å²) in [6.07, 6.45) is -0.103. The Balaban J connectivity index is 2.79. The molecule has 0 radical (unpaired) electrons. The van der Waals surface area contributed by atoms with Crippen LogP contribution in [0.1, 0.15) is 16.8 Å². The molecule has 0 atom stereocenters. The molecule has 18 heavy (non-hydrogen) atoms. The lowest BCUT2D eigenvalue weighted by molar-refractivity contribution is 0.102. The van der Waals surface area contributed by atoms with E-state index in [4.69, 9.17) is 10.00 Å². The van der Waals surface area contributed by atoms with Crippen molar-refractivity contribution < 1.29 is 17.9 Å². The molecule has 5 nitrogen and oxygen atoms in total. The minimum Gasteiger partial charge on any atom is -0.497 e. The lowest BCUT2D eigenvalue weighted by Crippen LogP contribution is -2.19. The summed E-state index contributed by atoms with van der Waals surface area (Å²) in [5, 5.41) is 8.33. The van der Waals surface area contributed by atoms with Gasteiger partial charge in [-0.2, -0.15) is 5.26 Å². The summed E-state index contributed by atoms with van der Waals surface area (Å²) in [7, 11) is -2.06. The van der Waals surface area contributed by atoms with Crippen molar-refractivity contribution in [3.05, 3.63) is 29.8 Å². The van der Waals surface area contributed by atoms with Crippen LogP contribution in [0.4, 0.5) is 0 Å². The molecule has 6 heteroatoms. The van der Waals surface area contributed by atoms with Gasteiger partial charge in [0.2, 0.25) is 0 Å². The Morgan fingerprint density at radius 2 is 2.17 bits per heavy atom.